The van der Waals surface area contributed by atoms with Crippen LogP contribution in [0.15, 0.2) is 11.4 Å². The molecule has 0 saturated heterocycles. The van der Waals surface area contributed by atoms with E-state index in [9.17, 15) is 4.79 Å². The van der Waals surface area contributed by atoms with Gasteiger partial charge in [0.05, 0.1) is 11.9 Å². The van der Waals surface area contributed by atoms with Crippen molar-refractivity contribution in [2.45, 2.75) is 50.7 Å². The fourth-order valence-corrected chi connectivity index (χ4v) is 2.39. The van der Waals surface area contributed by atoms with E-state index in [4.69, 9.17) is 11.0 Å². The molecule has 0 aliphatic heterocycles. The number of nitrogens with zero attached hydrogens (tertiary/aromatic N) is 3. The van der Waals surface area contributed by atoms with E-state index < -0.39 is 0 Å². The van der Waals surface area contributed by atoms with E-state index in [1.807, 2.05) is 13.0 Å². The Hall–Kier alpha value is -1.81. The summed E-state index contributed by atoms with van der Waals surface area (Å²) in [4.78, 5) is 19.8. The van der Waals surface area contributed by atoms with Crippen molar-refractivity contribution in [3.05, 3.63) is 11.8 Å². The standard InChI is InChI=1S/C14H21N5OS/c1-3-4-5-6-10(2)18-12(20)9-21-14-17-8-11(7-15)13(16)19-14/h8,10H,3-6,9H2,1-2H3,(H,18,20)(H2,16,17,19)/t10-/m0/s1. The summed E-state index contributed by atoms with van der Waals surface area (Å²) in [6.07, 6.45) is 5.85. The van der Waals surface area contributed by atoms with Crippen molar-refractivity contribution in [2.24, 2.45) is 0 Å². The van der Waals surface area contributed by atoms with Crippen molar-refractivity contribution in [3.8, 4) is 6.07 Å². The summed E-state index contributed by atoms with van der Waals surface area (Å²) in [5.74, 6) is 0.336. The van der Waals surface area contributed by atoms with Crippen LogP contribution in [0.25, 0.3) is 0 Å². The van der Waals surface area contributed by atoms with Crippen LogP contribution in [-0.2, 0) is 4.79 Å². The number of nitriles is 1. The van der Waals surface area contributed by atoms with E-state index in [1.54, 1.807) is 0 Å². The molecule has 0 saturated carbocycles. The van der Waals surface area contributed by atoms with Gasteiger partial charge in [0, 0.05) is 6.04 Å². The van der Waals surface area contributed by atoms with Crippen LogP contribution in [0.1, 0.15) is 45.1 Å². The lowest BCUT2D eigenvalue weighted by molar-refractivity contribution is -0.119. The number of hydrogen-bond donors (Lipinski definition) is 2. The average Bonchev–Trinajstić information content (AvgIpc) is 2.45. The molecular weight excluding hydrogens is 286 g/mol. The van der Waals surface area contributed by atoms with Crippen molar-refractivity contribution in [1.82, 2.24) is 15.3 Å². The number of nitrogens with one attached hydrogen (secondary N) is 1. The molecule has 6 nitrogen and oxygen atoms in total. The number of nitrogens with two attached hydrogens (primary N) is 1. The second-order valence-electron chi connectivity index (χ2n) is 4.82. The van der Waals surface area contributed by atoms with Crippen LogP contribution < -0.4 is 11.1 Å². The van der Waals surface area contributed by atoms with Gasteiger partial charge in [-0.05, 0) is 13.3 Å². The smallest absolute Gasteiger partial charge is 0.230 e. The van der Waals surface area contributed by atoms with Gasteiger partial charge in [-0.1, -0.05) is 37.9 Å². The van der Waals surface area contributed by atoms with Crippen LogP contribution in [0.5, 0.6) is 0 Å². The van der Waals surface area contributed by atoms with E-state index in [-0.39, 0.29) is 29.1 Å². The van der Waals surface area contributed by atoms with Crippen LogP contribution in [-0.4, -0.2) is 27.7 Å². The number of anilines is 1. The number of aromatic nitrogens is 2. The highest BCUT2D eigenvalue weighted by atomic mass is 32.2. The van der Waals surface area contributed by atoms with Gasteiger partial charge in [0.25, 0.3) is 0 Å². The van der Waals surface area contributed by atoms with Crippen LogP contribution in [0.3, 0.4) is 0 Å². The maximum absolute atomic E-state index is 11.8. The Morgan fingerprint density at radius 2 is 2.33 bits per heavy atom. The summed E-state index contributed by atoms with van der Waals surface area (Å²) < 4.78 is 0. The van der Waals surface area contributed by atoms with Gasteiger partial charge in [0.15, 0.2) is 5.16 Å². The quantitative estimate of drug-likeness (QED) is 0.433. The van der Waals surface area contributed by atoms with Crippen molar-refractivity contribution < 1.29 is 4.79 Å². The lowest BCUT2D eigenvalue weighted by atomic mass is 10.1. The lowest BCUT2D eigenvalue weighted by Crippen LogP contribution is -2.33. The summed E-state index contributed by atoms with van der Waals surface area (Å²) in [6.45, 7) is 4.16. The highest BCUT2D eigenvalue weighted by Gasteiger charge is 2.10. The zero-order chi connectivity index (χ0) is 15.7. The number of unbranched alkanes of at least 4 members (excludes halogenated alkanes) is 2. The van der Waals surface area contributed by atoms with Gasteiger partial charge in [-0.25, -0.2) is 9.97 Å². The normalized spacial score (nSPS) is 11.7. The second-order valence-corrected chi connectivity index (χ2v) is 5.76. The second kappa shape index (κ2) is 9.19. The molecule has 1 amide bonds. The van der Waals surface area contributed by atoms with E-state index in [2.05, 4.69) is 22.2 Å². The largest absolute Gasteiger partial charge is 0.382 e. The SMILES string of the molecule is CCCCC[C@H](C)NC(=O)CSc1ncc(C#N)c(N)n1. The van der Waals surface area contributed by atoms with E-state index in [0.29, 0.717) is 5.16 Å². The average molecular weight is 307 g/mol. The first-order chi connectivity index (χ1) is 10.1. The summed E-state index contributed by atoms with van der Waals surface area (Å²) >= 11 is 1.21. The monoisotopic (exact) mass is 307 g/mol. The minimum atomic E-state index is -0.0458. The molecule has 0 aliphatic rings. The molecule has 3 N–H and O–H groups in total. The van der Waals surface area contributed by atoms with Gasteiger partial charge < -0.3 is 11.1 Å². The highest BCUT2D eigenvalue weighted by Crippen LogP contribution is 2.15. The maximum atomic E-state index is 11.8. The molecule has 0 fully saturated rings. The number of rotatable bonds is 8. The molecule has 21 heavy (non-hydrogen) atoms. The third-order valence-corrected chi connectivity index (χ3v) is 3.76. The predicted octanol–water partition coefficient (Wildman–Crippen LogP) is 2.11. The van der Waals surface area contributed by atoms with Crippen molar-refractivity contribution in [3.63, 3.8) is 0 Å². The Kier molecular flexibility index (Phi) is 7.54. The number of carbonyl (C=O) groups is 1. The van der Waals surface area contributed by atoms with Crippen molar-refractivity contribution in [1.29, 1.82) is 5.26 Å². The molecule has 7 heteroatoms. The molecule has 0 radical (unpaired) electrons. The summed E-state index contributed by atoms with van der Waals surface area (Å²) in [6, 6.07) is 2.08. The number of carbonyl (C=O) groups excluding carboxylic acids is 1. The third kappa shape index (κ3) is 6.45. The molecule has 0 unspecified atom stereocenters. The minimum Gasteiger partial charge on any atom is -0.382 e. The number of hydrogen-bond acceptors (Lipinski definition) is 6. The summed E-state index contributed by atoms with van der Waals surface area (Å²) in [5.41, 5.74) is 5.84. The fraction of sp³-hybridized carbons (Fsp3) is 0.571. The van der Waals surface area contributed by atoms with Gasteiger partial charge in [0.2, 0.25) is 5.91 Å². The first-order valence-corrected chi connectivity index (χ1v) is 8.00. The third-order valence-electron chi connectivity index (χ3n) is 2.90. The Morgan fingerprint density at radius 1 is 1.57 bits per heavy atom. The zero-order valence-electron chi connectivity index (χ0n) is 12.4. The summed E-state index contributed by atoms with van der Waals surface area (Å²) in [5, 5.41) is 12.1. The minimum absolute atomic E-state index is 0.0458. The van der Waals surface area contributed by atoms with Crippen LogP contribution in [0.4, 0.5) is 5.82 Å². The van der Waals surface area contributed by atoms with Gasteiger partial charge in [-0.2, -0.15) is 5.26 Å². The van der Waals surface area contributed by atoms with E-state index in [1.165, 1.54) is 30.8 Å². The molecule has 0 spiro atoms. The van der Waals surface area contributed by atoms with Gasteiger partial charge in [0.1, 0.15) is 17.5 Å². The lowest BCUT2D eigenvalue weighted by Gasteiger charge is -2.13. The number of nitrogen functional groups attached to an aromatic ring is 1. The topological polar surface area (TPSA) is 105 Å². The Morgan fingerprint density at radius 3 is 2.95 bits per heavy atom. The van der Waals surface area contributed by atoms with Crippen LogP contribution in [0.2, 0.25) is 0 Å². The molecule has 0 aromatic carbocycles. The van der Waals surface area contributed by atoms with Gasteiger partial charge in [-0.15, -0.1) is 0 Å². The molecule has 1 atom stereocenters. The Balaban J connectivity index is 2.36. The zero-order valence-corrected chi connectivity index (χ0v) is 13.2. The molecule has 0 aliphatic carbocycles. The molecule has 1 heterocycles. The van der Waals surface area contributed by atoms with E-state index in [0.717, 1.165) is 12.8 Å². The van der Waals surface area contributed by atoms with Crippen LogP contribution >= 0.6 is 11.8 Å². The Bertz CT molecular complexity index is 515. The molecular formula is C14H21N5OS. The molecule has 0 bridgehead atoms. The fourth-order valence-electron chi connectivity index (χ4n) is 1.75. The van der Waals surface area contributed by atoms with Crippen molar-refractivity contribution in [2.75, 3.05) is 11.5 Å². The van der Waals surface area contributed by atoms with Crippen LogP contribution in [0, 0.1) is 11.3 Å². The number of amides is 1. The van der Waals surface area contributed by atoms with Crippen molar-refractivity contribution >= 4 is 23.5 Å². The Labute approximate surface area is 129 Å². The molecule has 1 rings (SSSR count). The first kappa shape index (κ1) is 17.2. The molecule has 114 valence electrons. The highest BCUT2D eigenvalue weighted by molar-refractivity contribution is 7.99. The number of thioether (sulfide) groups is 1. The molecule has 1 aromatic heterocycles. The van der Waals surface area contributed by atoms with Gasteiger partial charge >= 0.3 is 0 Å². The predicted molar refractivity (Wildman–Crippen MR) is 83.6 cm³/mol. The maximum Gasteiger partial charge on any atom is 0.230 e. The van der Waals surface area contributed by atoms with Gasteiger partial charge in [-0.3, -0.25) is 4.79 Å². The first-order valence-electron chi connectivity index (χ1n) is 7.01. The molecule has 1 aromatic rings. The van der Waals surface area contributed by atoms with E-state index >= 15 is 0 Å². The summed E-state index contributed by atoms with van der Waals surface area (Å²) in [7, 11) is 0.